The molecule has 0 spiro atoms. The van der Waals surface area contributed by atoms with Gasteiger partial charge in [-0.2, -0.15) is 13.2 Å². The predicted octanol–water partition coefficient (Wildman–Crippen LogP) is 1.74. The number of rotatable bonds is 5. The Morgan fingerprint density at radius 3 is 2.26 bits per heavy atom. The number of aromatic carboxylic acids is 1. The molecule has 1 atom stereocenters. The van der Waals surface area contributed by atoms with E-state index in [1.807, 2.05) is 0 Å². The lowest BCUT2D eigenvalue weighted by Gasteiger charge is -2.22. The van der Waals surface area contributed by atoms with Crippen molar-refractivity contribution in [2.24, 2.45) is 0 Å². The van der Waals surface area contributed by atoms with E-state index in [1.165, 1.54) is 36.2 Å². The molecule has 0 fully saturated rings. The van der Waals surface area contributed by atoms with E-state index in [4.69, 9.17) is 10.2 Å². The number of halogens is 3. The third kappa shape index (κ3) is 4.88. The zero-order valence-electron chi connectivity index (χ0n) is 10.2. The van der Waals surface area contributed by atoms with E-state index in [9.17, 15) is 18.0 Å². The first-order valence-electron chi connectivity index (χ1n) is 5.45. The smallest absolute Gasteiger partial charge is 0.415 e. The molecule has 0 aliphatic rings. The zero-order chi connectivity index (χ0) is 14.6. The second-order valence-electron chi connectivity index (χ2n) is 4.26. The lowest BCUT2D eigenvalue weighted by molar-refractivity contribution is -0.207. The molecule has 4 nitrogen and oxygen atoms in total. The van der Waals surface area contributed by atoms with E-state index in [2.05, 4.69) is 0 Å². The number of aliphatic hydroxyl groups excluding tert-OH is 1. The normalized spacial score (nSPS) is 13.6. The summed E-state index contributed by atoms with van der Waals surface area (Å²) in [6.45, 7) is -0.350. The Morgan fingerprint density at radius 1 is 1.32 bits per heavy atom. The highest BCUT2D eigenvalue weighted by atomic mass is 19.4. The zero-order valence-corrected chi connectivity index (χ0v) is 10.2. The van der Waals surface area contributed by atoms with Crippen LogP contribution >= 0.6 is 0 Å². The number of likely N-dealkylation sites (N-methyl/N-ethyl adjacent to an activating group) is 1. The highest BCUT2D eigenvalue weighted by Crippen LogP contribution is 2.20. The molecule has 0 bridgehead atoms. The van der Waals surface area contributed by atoms with Crippen LogP contribution < -0.4 is 0 Å². The molecule has 1 aromatic carbocycles. The van der Waals surface area contributed by atoms with Crippen molar-refractivity contribution in [3.63, 3.8) is 0 Å². The molecular formula is C12H14F3NO3. The first kappa shape index (κ1) is 15.5. The molecule has 1 rings (SSSR count). The van der Waals surface area contributed by atoms with Crippen molar-refractivity contribution in [3.05, 3.63) is 35.4 Å². The minimum Gasteiger partial charge on any atom is -0.478 e. The molecule has 0 heterocycles. The van der Waals surface area contributed by atoms with Gasteiger partial charge in [-0.25, -0.2) is 4.79 Å². The minimum atomic E-state index is -4.64. The third-order valence-electron chi connectivity index (χ3n) is 2.52. The van der Waals surface area contributed by atoms with Crippen molar-refractivity contribution in [3.8, 4) is 0 Å². The predicted molar refractivity (Wildman–Crippen MR) is 61.8 cm³/mol. The summed E-state index contributed by atoms with van der Waals surface area (Å²) in [5.41, 5.74) is 0.781. The lowest BCUT2D eigenvalue weighted by Crippen LogP contribution is -2.39. The van der Waals surface area contributed by atoms with Crippen LogP contribution in [0.25, 0.3) is 0 Å². The van der Waals surface area contributed by atoms with Crippen molar-refractivity contribution in [2.75, 3.05) is 13.6 Å². The van der Waals surface area contributed by atoms with E-state index >= 15 is 0 Å². The Hall–Kier alpha value is -1.60. The van der Waals surface area contributed by atoms with Gasteiger partial charge in [0, 0.05) is 13.1 Å². The van der Waals surface area contributed by atoms with Gasteiger partial charge in [0.2, 0.25) is 0 Å². The number of carboxylic acid groups (broad SMARTS) is 1. The third-order valence-corrected chi connectivity index (χ3v) is 2.52. The molecule has 2 N–H and O–H groups in total. The fourth-order valence-corrected chi connectivity index (χ4v) is 1.53. The molecule has 1 unspecified atom stereocenters. The van der Waals surface area contributed by atoms with E-state index in [0.717, 1.165) is 0 Å². The van der Waals surface area contributed by atoms with Crippen LogP contribution in [-0.2, 0) is 6.54 Å². The molecule has 0 aliphatic heterocycles. The summed E-state index contributed by atoms with van der Waals surface area (Å²) in [4.78, 5) is 11.9. The minimum absolute atomic E-state index is 0.113. The number of carboxylic acids is 1. The van der Waals surface area contributed by atoms with Crippen LogP contribution in [0.4, 0.5) is 13.2 Å². The number of carbonyl (C=O) groups is 1. The van der Waals surface area contributed by atoms with Crippen LogP contribution in [0.5, 0.6) is 0 Å². The van der Waals surface area contributed by atoms with E-state index < -0.39 is 24.8 Å². The van der Waals surface area contributed by atoms with Gasteiger partial charge in [0.25, 0.3) is 0 Å². The second kappa shape index (κ2) is 6.03. The van der Waals surface area contributed by atoms with E-state index in [0.29, 0.717) is 5.56 Å². The molecule has 0 saturated heterocycles. The van der Waals surface area contributed by atoms with Gasteiger partial charge in [0.15, 0.2) is 6.10 Å². The topological polar surface area (TPSA) is 60.8 Å². The number of hydrogen-bond donors (Lipinski definition) is 2. The van der Waals surface area contributed by atoms with Crippen LogP contribution in [-0.4, -0.2) is 47.0 Å². The summed E-state index contributed by atoms with van der Waals surface area (Å²) >= 11 is 0. The van der Waals surface area contributed by atoms with Crippen molar-refractivity contribution in [2.45, 2.75) is 18.8 Å². The van der Waals surface area contributed by atoms with Gasteiger partial charge in [-0.15, -0.1) is 0 Å². The summed E-state index contributed by atoms with van der Waals surface area (Å²) in [6.07, 6.45) is -7.03. The Balaban J connectivity index is 2.57. The average molecular weight is 277 g/mol. The van der Waals surface area contributed by atoms with Gasteiger partial charge in [-0.05, 0) is 24.7 Å². The van der Waals surface area contributed by atoms with Gasteiger partial charge >= 0.3 is 12.1 Å². The number of benzene rings is 1. The molecule has 7 heteroatoms. The maximum absolute atomic E-state index is 12.1. The van der Waals surface area contributed by atoms with Crippen LogP contribution in [0.15, 0.2) is 24.3 Å². The van der Waals surface area contributed by atoms with Crippen molar-refractivity contribution < 1.29 is 28.2 Å². The van der Waals surface area contributed by atoms with Crippen LogP contribution in [0.1, 0.15) is 15.9 Å². The van der Waals surface area contributed by atoms with Gasteiger partial charge in [-0.3, -0.25) is 4.90 Å². The lowest BCUT2D eigenvalue weighted by atomic mass is 10.1. The molecule has 0 radical (unpaired) electrons. The molecule has 1 aromatic rings. The average Bonchev–Trinajstić information content (AvgIpc) is 2.28. The quantitative estimate of drug-likeness (QED) is 0.860. The highest BCUT2D eigenvalue weighted by Gasteiger charge is 2.38. The SMILES string of the molecule is CN(Cc1ccc(C(=O)O)cc1)CC(O)C(F)(F)F. The van der Waals surface area contributed by atoms with Crippen molar-refractivity contribution in [1.82, 2.24) is 4.90 Å². The van der Waals surface area contributed by atoms with Gasteiger partial charge in [0.1, 0.15) is 0 Å². The van der Waals surface area contributed by atoms with Crippen LogP contribution in [0.3, 0.4) is 0 Å². The second-order valence-corrected chi connectivity index (χ2v) is 4.26. The summed E-state index contributed by atoms with van der Waals surface area (Å²) < 4.78 is 36.4. The van der Waals surface area contributed by atoms with Gasteiger partial charge in [0.05, 0.1) is 5.56 Å². The van der Waals surface area contributed by atoms with E-state index in [-0.39, 0.29) is 12.1 Å². The molecule has 0 aliphatic carbocycles. The Morgan fingerprint density at radius 2 is 1.84 bits per heavy atom. The first-order valence-corrected chi connectivity index (χ1v) is 5.45. The number of aliphatic hydroxyl groups is 1. The summed E-state index contributed by atoms with van der Waals surface area (Å²) in [5, 5.41) is 17.6. The fourth-order valence-electron chi connectivity index (χ4n) is 1.53. The summed E-state index contributed by atoms with van der Waals surface area (Å²) in [7, 11) is 1.44. The number of nitrogens with zero attached hydrogens (tertiary/aromatic N) is 1. The van der Waals surface area contributed by atoms with E-state index in [1.54, 1.807) is 0 Å². The monoisotopic (exact) mass is 277 g/mol. The largest absolute Gasteiger partial charge is 0.478 e. The standard InChI is InChI=1S/C12H14F3NO3/c1-16(7-10(17)12(13,14)15)6-8-2-4-9(5-3-8)11(18)19/h2-5,10,17H,6-7H2,1H3,(H,18,19). The number of hydrogen-bond acceptors (Lipinski definition) is 3. The molecule has 0 saturated carbocycles. The Bertz CT molecular complexity index is 431. The van der Waals surface area contributed by atoms with Gasteiger partial charge < -0.3 is 10.2 Å². The van der Waals surface area contributed by atoms with Crippen LogP contribution in [0.2, 0.25) is 0 Å². The molecule has 0 amide bonds. The Kier molecular flexibility index (Phi) is 4.90. The molecular weight excluding hydrogens is 263 g/mol. The van der Waals surface area contributed by atoms with Gasteiger partial charge in [-0.1, -0.05) is 12.1 Å². The molecule has 106 valence electrons. The summed E-state index contributed by atoms with van der Waals surface area (Å²) in [5.74, 6) is -1.06. The Labute approximate surface area is 108 Å². The van der Waals surface area contributed by atoms with Crippen molar-refractivity contribution >= 4 is 5.97 Å². The van der Waals surface area contributed by atoms with Crippen LogP contribution in [0, 0.1) is 0 Å². The maximum Gasteiger partial charge on any atom is 0.415 e. The first-order chi connectivity index (χ1) is 8.70. The fraction of sp³-hybridized carbons (Fsp3) is 0.417. The maximum atomic E-state index is 12.1. The number of alkyl halides is 3. The highest BCUT2D eigenvalue weighted by molar-refractivity contribution is 5.87. The van der Waals surface area contributed by atoms with Crippen molar-refractivity contribution in [1.29, 1.82) is 0 Å². The summed E-state index contributed by atoms with van der Waals surface area (Å²) in [6, 6.07) is 5.82. The molecule has 0 aromatic heterocycles. The molecule has 19 heavy (non-hydrogen) atoms.